The molecular formula is C17H21NS. The first-order chi connectivity index (χ1) is 9.35. The van der Waals surface area contributed by atoms with Crippen molar-refractivity contribution in [2.75, 3.05) is 7.05 Å². The molecule has 0 heterocycles. The largest absolute Gasteiger partial charge is 0.317 e. The average Bonchev–Trinajstić information content (AvgIpc) is 2.47. The van der Waals surface area contributed by atoms with E-state index >= 15 is 0 Å². The molecule has 0 aliphatic heterocycles. The van der Waals surface area contributed by atoms with Crippen molar-refractivity contribution in [2.24, 2.45) is 0 Å². The third-order valence-corrected chi connectivity index (χ3v) is 5.35. The van der Waals surface area contributed by atoms with Crippen LogP contribution < -0.4 is 5.32 Å². The van der Waals surface area contributed by atoms with Gasteiger partial charge in [-0.2, -0.15) is 0 Å². The minimum atomic E-state index is 0.715. The van der Waals surface area contributed by atoms with Gasteiger partial charge in [-0.25, -0.2) is 0 Å². The lowest BCUT2D eigenvalue weighted by Gasteiger charge is -2.28. The second kappa shape index (κ2) is 5.98. The van der Waals surface area contributed by atoms with Crippen LogP contribution in [0.15, 0.2) is 47.4 Å². The molecule has 2 atom stereocenters. The first kappa shape index (κ1) is 13.0. The lowest BCUT2D eigenvalue weighted by Crippen LogP contribution is -2.32. The molecule has 0 saturated heterocycles. The molecule has 1 nitrogen and oxygen atoms in total. The van der Waals surface area contributed by atoms with Gasteiger partial charge in [0.05, 0.1) is 0 Å². The second-order valence-corrected chi connectivity index (χ2v) is 6.77. The normalized spacial score (nSPS) is 23.6. The zero-order chi connectivity index (χ0) is 13.1. The highest BCUT2D eigenvalue weighted by molar-refractivity contribution is 8.00. The highest BCUT2D eigenvalue weighted by Gasteiger charge is 2.21. The van der Waals surface area contributed by atoms with Crippen molar-refractivity contribution in [2.45, 2.75) is 41.9 Å². The van der Waals surface area contributed by atoms with Crippen molar-refractivity contribution < 1.29 is 0 Å². The molecule has 1 N–H and O–H groups in total. The Hall–Kier alpha value is -0.990. The van der Waals surface area contributed by atoms with Gasteiger partial charge >= 0.3 is 0 Å². The van der Waals surface area contributed by atoms with E-state index in [9.17, 15) is 0 Å². The quantitative estimate of drug-likeness (QED) is 0.884. The molecule has 1 aliphatic carbocycles. The maximum atomic E-state index is 3.44. The van der Waals surface area contributed by atoms with Crippen molar-refractivity contribution in [1.82, 2.24) is 5.32 Å². The number of hydrogen-bond acceptors (Lipinski definition) is 2. The van der Waals surface area contributed by atoms with Gasteiger partial charge in [-0.15, -0.1) is 11.8 Å². The van der Waals surface area contributed by atoms with E-state index < -0.39 is 0 Å². The van der Waals surface area contributed by atoms with Crippen molar-refractivity contribution >= 4 is 22.5 Å². The zero-order valence-electron chi connectivity index (χ0n) is 11.4. The van der Waals surface area contributed by atoms with Crippen LogP contribution in [0.5, 0.6) is 0 Å². The number of fused-ring (bicyclic) bond motifs is 1. The van der Waals surface area contributed by atoms with Crippen molar-refractivity contribution in [3.8, 4) is 0 Å². The number of thioether (sulfide) groups is 1. The van der Waals surface area contributed by atoms with Crippen LogP contribution in [-0.4, -0.2) is 18.3 Å². The second-order valence-electron chi connectivity index (χ2n) is 5.40. The van der Waals surface area contributed by atoms with Crippen LogP contribution in [0.1, 0.15) is 25.7 Å². The van der Waals surface area contributed by atoms with Crippen LogP contribution in [0, 0.1) is 0 Å². The van der Waals surface area contributed by atoms with Crippen LogP contribution in [0.25, 0.3) is 10.8 Å². The Morgan fingerprint density at radius 3 is 2.74 bits per heavy atom. The van der Waals surface area contributed by atoms with Gasteiger partial charge in [0.2, 0.25) is 0 Å². The fourth-order valence-electron chi connectivity index (χ4n) is 2.95. The maximum Gasteiger partial charge on any atom is 0.0109 e. The van der Waals surface area contributed by atoms with E-state index in [1.807, 2.05) is 0 Å². The third kappa shape index (κ3) is 3.13. The van der Waals surface area contributed by atoms with Crippen LogP contribution >= 0.6 is 11.8 Å². The molecule has 3 rings (SSSR count). The van der Waals surface area contributed by atoms with E-state index in [4.69, 9.17) is 0 Å². The Balaban J connectivity index is 1.74. The molecule has 0 radical (unpaired) electrons. The number of nitrogens with one attached hydrogen (secondary N) is 1. The van der Waals surface area contributed by atoms with Gasteiger partial charge in [-0.1, -0.05) is 36.8 Å². The van der Waals surface area contributed by atoms with Gasteiger partial charge in [0, 0.05) is 16.2 Å². The molecule has 19 heavy (non-hydrogen) atoms. The first-order valence-electron chi connectivity index (χ1n) is 7.18. The predicted octanol–water partition coefficient (Wildman–Crippen LogP) is 4.46. The molecule has 0 spiro atoms. The van der Waals surface area contributed by atoms with Crippen LogP contribution in [0.2, 0.25) is 0 Å². The summed E-state index contributed by atoms with van der Waals surface area (Å²) in [5.41, 5.74) is 0. The van der Waals surface area contributed by atoms with E-state index in [1.54, 1.807) is 0 Å². The Kier molecular flexibility index (Phi) is 4.09. The summed E-state index contributed by atoms with van der Waals surface area (Å²) in [6.45, 7) is 0. The van der Waals surface area contributed by atoms with Crippen LogP contribution in [0.4, 0.5) is 0 Å². The molecule has 1 aliphatic rings. The van der Waals surface area contributed by atoms with Gasteiger partial charge in [0.15, 0.2) is 0 Å². The monoisotopic (exact) mass is 271 g/mol. The summed E-state index contributed by atoms with van der Waals surface area (Å²) in [5, 5.41) is 6.90. The van der Waals surface area contributed by atoms with Crippen LogP contribution in [0.3, 0.4) is 0 Å². The fraction of sp³-hybridized carbons (Fsp3) is 0.412. The molecule has 0 aromatic heterocycles. The lowest BCUT2D eigenvalue weighted by atomic mass is 9.95. The predicted molar refractivity (Wildman–Crippen MR) is 84.9 cm³/mol. The third-order valence-electron chi connectivity index (χ3n) is 4.06. The Morgan fingerprint density at radius 1 is 1.05 bits per heavy atom. The smallest absolute Gasteiger partial charge is 0.0109 e. The molecule has 100 valence electrons. The lowest BCUT2D eigenvalue weighted by molar-refractivity contribution is 0.402. The topological polar surface area (TPSA) is 12.0 Å². The van der Waals surface area contributed by atoms with E-state index in [0.717, 1.165) is 5.25 Å². The van der Waals surface area contributed by atoms with Gasteiger partial charge in [0.1, 0.15) is 0 Å². The summed E-state index contributed by atoms with van der Waals surface area (Å²) >= 11 is 2.06. The van der Waals surface area contributed by atoms with E-state index in [2.05, 4.69) is 66.6 Å². The van der Waals surface area contributed by atoms with Crippen molar-refractivity contribution in [3.05, 3.63) is 42.5 Å². The number of rotatable bonds is 3. The summed E-state index contributed by atoms with van der Waals surface area (Å²) in [6, 6.07) is 16.2. The molecule has 0 amide bonds. The summed E-state index contributed by atoms with van der Waals surface area (Å²) < 4.78 is 0. The molecule has 0 bridgehead atoms. The molecule has 1 saturated carbocycles. The number of benzene rings is 2. The average molecular weight is 271 g/mol. The van der Waals surface area contributed by atoms with Crippen molar-refractivity contribution in [3.63, 3.8) is 0 Å². The summed E-state index contributed by atoms with van der Waals surface area (Å²) in [7, 11) is 2.09. The maximum absolute atomic E-state index is 3.44. The summed E-state index contributed by atoms with van der Waals surface area (Å²) in [5.74, 6) is 0. The molecule has 2 aromatic rings. The molecule has 1 fully saturated rings. The molecule has 2 unspecified atom stereocenters. The first-order valence-corrected chi connectivity index (χ1v) is 8.06. The minimum Gasteiger partial charge on any atom is -0.317 e. The van der Waals surface area contributed by atoms with E-state index in [0.29, 0.717) is 6.04 Å². The standard InChI is InChI=1S/C17H21NS/c1-18-15-7-4-8-16(12-15)19-17-10-9-13-5-2-3-6-14(13)11-17/h2-3,5-6,9-11,15-16,18H,4,7-8,12H2,1H3. The van der Waals surface area contributed by atoms with Crippen LogP contribution in [-0.2, 0) is 0 Å². The Bertz CT molecular complexity index is 552. The Labute approximate surface area is 119 Å². The van der Waals surface area contributed by atoms with E-state index in [1.165, 1.54) is 41.4 Å². The van der Waals surface area contributed by atoms with Gasteiger partial charge < -0.3 is 5.32 Å². The Morgan fingerprint density at radius 2 is 1.89 bits per heavy atom. The van der Waals surface area contributed by atoms with Crippen molar-refractivity contribution in [1.29, 1.82) is 0 Å². The highest BCUT2D eigenvalue weighted by atomic mass is 32.2. The van der Waals surface area contributed by atoms with E-state index in [-0.39, 0.29) is 0 Å². The molecular weight excluding hydrogens is 250 g/mol. The molecule has 2 heteroatoms. The number of hydrogen-bond donors (Lipinski definition) is 1. The highest BCUT2D eigenvalue weighted by Crippen LogP contribution is 2.34. The zero-order valence-corrected chi connectivity index (χ0v) is 12.2. The molecule has 2 aromatic carbocycles. The minimum absolute atomic E-state index is 0.715. The summed E-state index contributed by atoms with van der Waals surface area (Å²) in [6.07, 6.45) is 5.35. The SMILES string of the molecule is CNC1CCCC(Sc2ccc3ccccc3c2)C1. The van der Waals surface area contributed by atoms with Gasteiger partial charge in [0.25, 0.3) is 0 Å². The van der Waals surface area contributed by atoms with Gasteiger partial charge in [-0.3, -0.25) is 0 Å². The summed E-state index contributed by atoms with van der Waals surface area (Å²) in [4.78, 5) is 1.42. The fourth-order valence-corrected chi connectivity index (χ4v) is 4.29. The van der Waals surface area contributed by atoms with Gasteiger partial charge in [-0.05, 0) is 49.2 Å².